The van der Waals surface area contributed by atoms with Crippen molar-refractivity contribution in [1.29, 1.82) is 0 Å². The highest BCUT2D eigenvalue weighted by atomic mass is 16.3. The second-order valence-corrected chi connectivity index (χ2v) is 6.01. The van der Waals surface area contributed by atoms with Gasteiger partial charge in [-0.3, -0.25) is 0 Å². The molecule has 2 N–H and O–H groups in total. The van der Waals surface area contributed by atoms with Crippen LogP contribution in [0.25, 0.3) is 11.0 Å². The molecule has 2 heteroatoms. The summed E-state index contributed by atoms with van der Waals surface area (Å²) in [6.07, 6.45) is 6.37. The molecule has 1 aromatic carbocycles. The van der Waals surface area contributed by atoms with E-state index < -0.39 is 0 Å². The van der Waals surface area contributed by atoms with Crippen LogP contribution >= 0.6 is 0 Å². The number of rotatable bonds is 2. The van der Waals surface area contributed by atoms with Gasteiger partial charge in [0.15, 0.2) is 0 Å². The third-order valence-electron chi connectivity index (χ3n) is 4.97. The Hall–Kier alpha value is -1.28. The van der Waals surface area contributed by atoms with Crippen LogP contribution in [0.2, 0.25) is 0 Å². The molecule has 0 bridgehead atoms. The van der Waals surface area contributed by atoms with Gasteiger partial charge in [-0.05, 0) is 43.9 Å². The summed E-state index contributed by atoms with van der Waals surface area (Å²) in [6.45, 7) is 4.96. The number of fused-ring (bicyclic) bond motifs is 1. The summed E-state index contributed by atoms with van der Waals surface area (Å²) in [5.41, 5.74) is 10.1. The van der Waals surface area contributed by atoms with Crippen molar-refractivity contribution in [2.24, 2.45) is 5.73 Å². The van der Waals surface area contributed by atoms with Crippen LogP contribution in [0, 0.1) is 13.8 Å². The van der Waals surface area contributed by atoms with Crippen LogP contribution in [0.15, 0.2) is 22.6 Å². The quantitative estimate of drug-likeness (QED) is 0.875. The Bertz CT molecular complexity index is 591. The third-order valence-corrected chi connectivity index (χ3v) is 4.97. The van der Waals surface area contributed by atoms with Gasteiger partial charge in [-0.15, -0.1) is 0 Å². The second-order valence-electron chi connectivity index (χ2n) is 6.01. The number of aryl methyl sites for hydroxylation is 2. The molecule has 2 aromatic rings. The molecule has 0 amide bonds. The van der Waals surface area contributed by atoms with Crippen LogP contribution in [0.5, 0.6) is 0 Å². The van der Waals surface area contributed by atoms with E-state index in [2.05, 4.69) is 32.0 Å². The van der Waals surface area contributed by atoms with Gasteiger partial charge >= 0.3 is 0 Å². The van der Waals surface area contributed by atoms with Crippen molar-refractivity contribution in [3.63, 3.8) is 0 Å². The zero-order valence-corrected chi connectivity index (χ0v) is 12.0. The van der Waals surface area contributed by atoms with Crippen molar-refractivity contribution in [2.75, 3.05) is 6.54 Å². The fourth-order valence-electron chi connectivity index (χ4n) is 3.67. The first-order valence-electron chi connectivity index (χ1n) is 7.37. The number of benzene rings is 1. The Morgan fingerprint density at radius 3 is 2.58 bits per heavy atom. The van der Waals surface area contributed by atoms with E-state index in [0.717, 1.165) is 17.9 Å². The molecule has 1 aliphatic rings. The minimum absolute atomic E-state index is 0.166. The summed E-state index contributed by atoms with van der Waals surface area (Å²) in [7, 11) is 0. The van der Waals surface area contributed by atoms with Crippen LogP contribution in [0.1, 0.15) is 49.0 Å². The molecule has 0 saturated heterocycles. The monoisotopic (exact) mass is 257 g/mol. The van der Waals surface area contributed by atoms with Gasteiger partial charge in [0.2, 0.25) is 0 Å². The van der Waals surface area contributed by atoms with Crippen molar-refractivity contribution < 1.29 is 4.42 Å². The molecule has 1 heterocycles. The molecule has 19 heavy (non-hydrogen) atoms. The molecule has 1 aromatic heterocycles. The first-order chi connectivity index (χ1) is 9.18. The largest absolute Gasteiger partial charge is 0.461 e. The van der Waals surface area contributed by atoms with E-state index >= 15 is 0 Å². The van der Waals surface area contributed by atoms with Gasteiger partial charge < -0.3 is 10.2 Å². The van der Waals surface area contributed by atoms with Gasteiger partial charge in [0, 0.05) is 17.3 Å². The van der Waals surface area contributed by atoms with Crippen molar-refractivity contribution in [1.82, 2.24) is 0 Å². The Kier molecular flexibility index (Phi) is 3.14. The van der Waals surface area contributed by atoms with E-state index in [4.69, 9.17) is 10.2 Å². The molecule has 2 nitrogen and oxygen atoms in total. The van der Waals surface area contributed by atoms with Crippen LogP contribution in [-0.2, 0) is 5.41 Å². The first kappa shape index (κ1) is 12.7. The highest BCUT2D eigenvalue weighted by molar-refractivity contribution is 5.86. The van der Waals surface area contributed by atoms with Gasteiger partial charge in [-0.2, -0.15) is 0 Å². The van der Waals surface area contributed by atoms with Crippen LogP contribution in [-0.4, -0.2) is 6.54 Å². The average Bonchev–Trinajstić information content (AvgIpc) is 2.75. The predicted octanol–water partition coefficient (Wildman–Crippen LogP) is 4.21. The SMILES string of the molecule is Cc1oc2cccc(C3(CN)CCCCC3)c2c1C. The summed E-state index contributed by atoms with van der Waals surface area (Å²) in [4.78, 5) is 0. The third kappa shape index (κ3) is 1.90. The van der Waals surface area contributed by atoms with Crippen LogP contribution in [0.4, 0.5) is 0 Å². The molecule has 3 rings (SSSR count). The summed E-state index contributed by atoms with van der Waals surface area (Å²) in [5, 5.41) is 1.31. The van der Waals surface area contributed by atoms with E-state index in [-0.39, 0.29) is 5.41 Å². The molecular weight excluding hydrogens is 234 g/mol. The molecular formula is C17H23NO. The fourth-order valence-corrected chi connectivity index (χ4v) is 3.67. The Labute approximate surface area is 115 Å². The average molecular weight is 257 g/mol. The highest BCUT2D eigenvalue weighted by Gasteiger charge is 2.34. The maximum absolute atomic E-state index is 6.19. The summed E-state index contributed by atoms with van der Waals surface area (Å²) < 4.78 is 5.88. The van der Waals surface area contributed by atoms with Crippen LogP contribution < -0.4 is 5.73 Å². The smallest absolute Gasteiger partial charge is 0.134 e. The molecule has 0 spiro atoms. The predicted molar refractivity (Wildman–Crippen MR) is 79.5 cm³/mol. The molecule has 0 atom stereocenters. The molecule has 0 aliphatic heterocycles. The molecule has 0 radical (unpaired) electrons. The molecule has 1 fully saturated rings. The molecule has 1 saturated carbocycles. The van der Waals surface area contributed by atoms with E-state index in [0.29, 0.717) is 0 Å². The Morgan fingerprint density at radius 2 is 1.89 bits per heavy atom. The maximum atomic E-state index is 6.19. The molecule has 102 valence electrons. The van der Waals surface area contributed by atoms with Crippen molar-refractivity contribution in [3.8, 4) is 0 Å². The summed E-state index contributed by atoms with van der Waals surface area (Å²) in [6, 6.07) is 6.46. The van der Waals surface area contributed by atoms with E-state index in [1.54, 1.807) is 0 Å². The van der Waals surface area contributed by atoms with E-state index in [1.165, 1.54) is 48.6 Å². The zero-order chi connectivity index (χ0) is 13.5. The van der Waals surface area contributed by atoms with Crippen molar-refractivity contribution >= 4 is 11.0 Å². The standard InChI is InChI=1S/C17H23NO/c1-12-13(2)19-15-8-6-7-14(16(12)15)17(11-18)9-4-3-5-10-17/h6-8H,3-5,9-11,18H2,1-2H3. The van der Waals surface area contributed by atoms with Gasteiger partial charge in [0.1, 0.15) is 11.3 Å². The topological polar surface area (TPSA) is 39.2 Å². The minimum atomic E-state index is 0.166. The summed E-state index contributed by atoms with van der Waals surface area (Å²) in [5.74, 6) is 1.03. The van der Waals surface area contributed by atoms with Gasteiger partial charge in [0.25, 0.3) is 0 Å². The lowest BCUT2D eigenvalue weighted by Gasteiger charge is -2.37. The lowest BCUT2D eigenvalue weighted by Crippen LogP contribution is -2.37. The van der Waals surface area contributed by atoms with E-state index in [1.807, 2.05) is 0 Å². The Morgan fingerprint density at radius 1 is 1.16 bits per heavy atom. The molecule has 1 aliphatic carbocycles. The molecule has 0 unspecified atom stereocenters. The fraction of sp³-hybridized carbons (Fsp3) is 0.529. The van der Waals surface area contributed by atoms with Crippen molar-refractivity contribution in [3.05, 3.63) is 35.1 Å². The lowest BCUT2D eigenvalue weighted by molar-refractivity contribution is 0.303. The second kappa shape index (κ2) is 4.68. The number of furan rings is 1. The highest BCUT2D eigenvalue weighted by Crippen LogP contribution is 2.43. The lowest BCUT2D eigenvalue weighted by atomic mass is 9.68. The van der Waals surface area contributed by atoms with E-state index in [9.17, 15) is 0 Å². The van der Waals surface area contributed by atoms with Crippen molar-refractivity contribution in [2.45, 2.75) is 51.4 Å². The van der Waals surface area contributed by atoms with Crippen LogP contribution in [0.3, 0.4) is 0 Å². The van der Waals surface area contributed by atoms with Gasteiger partial charge in [-0.25, -0.2) is 0 Å². The normalized spacial score (nSPS) is 18.9. The number of hydrogen-bond donors (Lipinski definition) is 1. The van der Waals surface area contributed by atoms with Gasteiger partial charge in [-0.1, -0.05) is 31.4 Å². The zero-order valence-electron chi connectivity index (χ0n) is 12.0. The van der Waals surface area contributed by atoms with Gasteiger partial charge in [0.05, 0.1) is 0 Å². The minimum Gasteiger partial charge on any atom is -0.461 e. The maximum Gasteiger partial charge on any atom is 0.134 e. The number of nitrogens with two attached hydrogens (primary N) is 1. The summed E-state index contributed by atoms with van der Waals surface area (Å²) >= 11 is 0. The first-order valence-corrected chi connectivity index (χ1v) is 7.37. The Balaban J connectivity index is 2.23. The number of hydrogen-bond acceptors (Lipinski definition) is 2.